The molecule has 3 aromatic rings. The van der Waals surface area contributed by atoms with Crippen molar-refractivity contribution in [3.05, 3.63) is 71.0 Å². The monoisotopic (exact) mass is 422 g/mol. The first-order chi connectivity index (χ1) is 14.0. The van der Waals surface area contributed by atoms with Gasteiger partial charge in [0, 0.05) is 5.75 Å². The lowest BCUT2D eigenvalue weighted by atomic mass is 10.2. The lowest BCUT2D eigenvalue weighted by Gasteiger charge is -2.14. The minimum atomic E-state index is -0.0492. The number of para-hydroxylation sites is 1. The Morgan fingerprint density at radius 2 is 1.90 bits per heavy atom. The zero-order valence-corrected chi connectivity index (χ0v) is 18.2. The van der Waals surface area contributed by atoms with Gasteiger partial charge < -0.3 is 5.32 Å². The van der Waals surface area contributed by atoms with E-state index in [2.05, 4.69) is 40.5 Å². The molecule has 0 aliphatic carbocycles. The molecule has 0 bridgehead atoms. The highest BCUT2D eigenvalue weighted by Gasteiger charge is 2.17. The summed E-state index contributed by atoms with van der Waals surface area (Å²) >= 11 is 3.16. The highest BCUT2D eigenvalue weighted by atomic mass is 32.2. The number of fused-ring (bicyclic) bond motifs is 1. The van der Waals surface area contributed by atoms with Gasteiger partial charge in [-0.2, -0.15) is 5.10 Å². The largest absolute Gasteiger partial charge is 0.322 e. The second-order valence-electron chi connectivity index (χ2n) is 6.93. The number of anilines is 1. The fraction of sp³-hybridized carbons (Fsp3) is 0.227. The molecule has 1 aliphatic heterocycles. The van der Waals surface area contributed by atoms with Gasteiger partial charge >= 0.3 is 0 Å². The van der Waals surface area contributed by atoms with Crippen LogP contribution in [0, 0.1) is 20.8 Å². The molecule has 1 aromatic heterocycles. The summed E-state index contributed by atoms with van der Waals surface area (Å²) in [5.41, 5.74) is 6.92. The standard InChI is InChI=1S/C22H22N4OS2/c1-14-8-10-18(11-9-14)26-16(3)21(15(2)25-26)24-20(27)13-29-22-23-19-7-5-4-6-17(19)12-28-22/h4-11H,12-13H2,1-3H3,(H,24,27). The minimum absolute atomic E-state index is 0.0492. The van der Waals surface area contributed by atoms with Gasteiger partial charge in [0.2, 0.25) is 5.91 Å². The molecule has 0 radical (unpaired) electrons. The quantitative estimate of drug-likeness (QED) is 0.611. The molecule has 2 aromatic carbocycles. The smallest absolute Gasteiger partial charge is 0.234 e. The van der Waals surface area contributed by atoms with E-state index in [0.29, 0.717) is 5.75 Å². The number of carbonyl (C=O) groups excluding carboxylic acids is 1. The first kappa shape index (κ1) is 19.8. The Bertz CT molecular complexity index is 1090. The molecule has 0 fully saturated rings. The van der Waals surface area contributed by atoms with Crippen LogP contribution in [0.25, 0.3) is 5.69 Å². The van der Waals surface area contributed by atoms with E-state index in [1.54, 1.807) is 11.8 Å². The van der Waals surface area contributed by atoms with Crippen molar-refractivity contribution in [1.82, 2.24) is 9.78 Å². The molecule has 0 unspecified atom stereocenters. The first-order valence-corrected chi connectivity index (χ1v) is 11.3. The Kier molecular flexibility index (Phi) is 5.78. The maximum Gasteiger partial charge on any atom is 0.234 e. The van der Waals surface area contributed by atoms with Gasteiger partial charge in [-0.1, -0.05) is 59.4 Å². The van der Waals surface area contributed by atoms with Crippen LogP contribution in [0.2, 0.25) is 0 Å². The van der Waals surface area contributed by atoms with Crippen LogP contribution in [0.3, 0.4) is 0 Å². The van der Waals surface area contributed by atoms with Gasteiger partial charge in [-0.15, -0.1) is 0 Å². The first-order valence-electron chi connectivity index (χ1n) is 9.36. The van der Waals surface area contributed by atoms with Crippen LogP contribution >= 0.6 is 23.5 Å². The predicted octanol–water partition coefficient (Wildman–Crippen LogP) is 5.40. The summed E-state index contributed by atoms with van der Waals surface area (Å²) in [6.07, 6.45) is 0. The second-order valence-corrected chi connectivity index (χ2v) is 9.11. The minimum Gasteiger partial charge on any atom is -0.322 e. The fourth-order valence-electron chi connectivity index (χ4n) is 3.15. The van der Waals surface area contributed by atoms with Gasteiger partial charge in [0.15, 0.2) is 0 Å². The highest BCUT2D eigenvalue weighted by molar-refractivity contribution is 8.38. The Hall–Kier alpha value is -2.51. The van der Waals surface area contributed by atoms with Crippen molar-refractivity contribution in [2.45, 2.75) is 26.5 Å². The van der Waals surface area contributed by atoms with Crippen molar-refractivity contribution in [2.24, 2.45) is 4.99 Å². The average Bonchev–Trinajstić information content (AvgIpc) is 3.01. The number of aromatic nitrogens is 2. The van der Waals surface area contributed by atoms with Gasteiger partial charge in [0.1, 0.15) is 4.38 Å². The molecule has 148 valence electrons. The van der Waals surface area contributed by atoms with Crippen LogP contribution in [0.1, 0.15) is 22.5 Å². The van der Waals surface area contributed by atoms with E-state index >= 15 is 0 Å². The van der Waals surface area contributed by atoms with Gasteiger partial charge in [0.25, 0.3) is 0 Å². The Morgan fingerprint density at radius 1 is 1.14 bits per heavy atom. The number of rotatable bonds is 4. The van der Waals surface area contributed by atoms with Gasteiger partial charge in [-0.25, -0.2) is 9.67 Å². The molecular weight excluding hydrogens is 400 g/mol. The number of amides is 1. The maximum atomic E-state index is 12.6. The Balaban J connectivity index is 1.43. The number of carbonyl (C=O) groups is 1. The van der Waals surface area contributed by atoms with Crippen molar-refractivity contribution in [2.75, 3.05) is 11.1 Å². The number of thioether (sulfide) groups is 2. The van der Waals surface area contributed by atoms with Gasteiger partial charge in [-0.05, 0) is 44.5 Å². The lowest BCUT2D eigenvalue weighted by molar-refractivity contribution is -0.113. The van der Waals surface area contributed by atoms with E-state index in [1.165, 1.54) is 22.9 Å². The summed E-state index contributed by atoms with van der Waals surface area (Å²) in [5, 5.41) is 7.64. The Labute approximate surface area is 179 Å². The van der Waals surface area contributed by atoms with Crippen molar-refractivity contribution in [1.29, 1.82) is 0 Å². The van der Waals surface area contributed by atoms with Crippen LogP contribution in [0.4, 0.5) is 11.4 Å². The zero-order valence-electron chi connectivity index (χ0n) is 16.6. The third-order valence-corrected chi connectivity index (χ3v) is 6.96. The SMILES string of the molecule is Cc1ccc(-n2nc(C)c(NC(=O)CSC3=Nc4ccccc4CS3)c2C)cc1. The number of hydrogen-bond acceptors (Lipinski definition) is 5. The molecule has 0 saturated carbocycles. The summed E-state index contributed by atoms with van der Waals surface area (Å²) in [5.74, 6) is 1.17. The molecule has 0 spiro atoms. The van der Waals surface area contributed by atoms with Crippen LogP contribution < -0.4 is 5.32 Å². The average molecular weight is 423 g/mol. The van der Waals surface area contributed by atoms with Crippen LogP contribution in [0.15, 0.2) is 53.5 Å². The number of aryl methyl sites for hydroxylation is 2. The number of aliphatic imine (C=N–C) groups is 1. The van der Waals surface area contributed by atoms with Crippen molar-refractivity contribution in [3.63, 3.8) is 0 Å². The number of nitrogens with one attached hydrogen (secondary N) is 1. The molecule has 5 nitrogen and oxygen atoms in total. The number of hydrogen-bond donors (Lipinski definition) is 1. The topological polar surface area (TPSA) is 59.3 Å². The maximum absolute atomic E-state index is 12.6. The van der Waals surface area contributed by atoms with Crippen LogP contribution in [0.5, 0.6) is 0 Å². The molecule has 2 heterocycles. The molecule has 0 atom stereocenters. The van der Waals surface area contributed by atoms with Crippen molar-refractivity contribution < 1.29 is 4.79 Å². The molecular formula is C22H22N4OS2. The van der Waals surface area contributed by atoms with Crippen LogP contribution in [-0.2, 0) is 10.5 Å². The van der Waals surface area contributed by atoms with Crippen molar-refractivity contribution in [3.8, 4) is 5.69 Å². The molecule has 1 amide bonds. The molecule has 7 heteroatoms. The van der Waals surface area contributed by atoms with E-state index in [1.807, 2.05) is 48.9 Å². The fourth-order valence-corrected chi connectivity index (χ4v) is 5.01. The second kappa shape index (κ2) is 8.47. The summed E-state index contributed by atoms with van der Waals surface area (Å²) < 4.78 is 2.80. The van der Waals surface area contributed by atoms with E-state index in [4.69, 9.17) is 0 Å². The van der Waals surface area contributed by atoms with Gasteiger partial charge in [-0.3, -0.25) is 4.79 Å². The third kappa shape index (κ3) is 4.41. The third-order valence-electron chi connectivity index (χ3n) is 4.72. The van der Waals surface area contributed by atoms with E-state index in [-0.39, 0.29) is 5.91 Å². The summed E-state index contributed by atoms with van der Waals surface area (Å²) in [6, 6.07) is 16.3. The summed E-state index contributed by atoms with van der Waals surface area (Å²) in [6.45, 7) is 5.95. The van der Waals surface area contributed by atoms with Crippen LogP contribution in [-0.4, -0.2) is 25.8 Å². The number of benzene rings is 2. The van der Waals surface area contributed by atoms with E-state index in [9.17, 15) is 4.79 Å². The molecule has 4 rings (SSSR count). The zero-order chi connectivity index (χ0) is 20.4. The summed E-state index contributed by atoms with van der Waals surface area (Å²) in [7, 11) is 0. The van der Waals surface area contributed by atoms with E-state index in [0.717, 1.165) is 38.6 Å². The highest BCUT2D eigenvalue weighted by Crippen LogP contribution is 2.34. The van der Waals surface area contributed by atoms with Crippen molar-refractivity contribution >= 4 is 45.2 Å². The molecule has 1 aliphatic rings. The summed E-state index contributed by atoms with van der Waals surface area (Å²) in [4.78, 5) is 17.2. The molecule has 0 saturated heterocycles. The molecule has 29 heavy (non-hydrogen) atoms. The molecule has 1 N–H and O–H groups in total. The van der Waals surface area contributed by atoms with E-state index < -0.39 is 0 Å². The normalized spacial score (nSPS) is 13.0. The number of nitrogens with zero attached hydrogens (tertiary/aromatic N) is 3. The Morgan fingerprint density at radius 3 is 2.69 bits per heavy atom. The predicted molar refractivity (Wildman–Crippen MR) is 124 cm³/mol. The lowest BCUT2D eigenvalue weighted by Crippen LogP contribution is -2.16. The van der Waals surface area contributed by atoms with Gasteiger partial charge in [0.05, 0.1) is 34.2 Å².